The van der Waals surface area contributed by atoms with Crippen molar-refractivity contribution in [3.8, 4) is 5.75 Å². The lowest BCUT2D eigenvalue weighted by Crippen LogP contribution is -2.28. The number of halogens is 3. The van der Waals surface area contributed by atoms with Crippen LogP contribution in [0.1, 0.15) is 18.9 Å². The fourth-order valence-electron chi connectivity index (χ4n) is 1.50. The summed E-state index contributed by atoms with van der Waals surface area (Å²) in [5, 5.41) is 2.79. The number of hydrogen-bond acceptors (Lipinski definition) is 4. The Morgan fingerprint density at radius 2 is 1.95 bits per heavy atom. The highest BCUT2D eigenvalue weighted by Crippen LogP contribution is 2.29. The Labute approximate surface area is 109 Å². The Morgan fingerprint density at radius 3 is 2.42 bits per heavy atom. The second-order valence-corrected chi connectivity index (χ2v) is 5.34. The fourth-order valence-corrected chi connectivity index (χ4v) is 1.95. The second kappa shape index (κ2) is 5.68. The number of nitrogens with one attached hydrogen (secondary N) is 1. The van der Waals surface area contributed by atoms with Gasteiger partial charge in [-0.05, 0) is 18.1 Å². The van der Waals surface area contributed by atoms with Gasteiger partial charge in [-0.3, -0.25) is 0 Å². The second-order valence-electron chi connectivity index (χ2n) is 3.80. The maximum atomic E-state index is 12.2. The van der Waals surface area contributed by atoms with E-state index < -0.39 is 15.6 Å². The molecule has 0 spiro atoms. The summed E-state index contributed by atoms with van der Waals surface area (Å²) in [5.41, 5.74) is -4.02. The standard InChI is InChI=1S/C11H14F3NO3S/c1-3-4-8-5-6-9(7-10(8)15-2)18-19(16,17)11(12,13)14/h5-7,15H,3-4H2,1-2H3. The molecule has 0 unspecified atom stereocenters. The molecule has 4 nitrogen and oxygen atoms in total. The van der Waals surface area contributed by atoms with Gasteiger partial charge in [0.2, 0.25) is 0 Å². The van der Waals surface area contributed by atoms with Gasteiger partial charge in [-0.2, -0.15) is 21.6 Å². The molecule has 1 aromatic carbocycles. The molecule has 0 radical (unpaired) electrons. The van der Waals surface area contributed by atoms with Crippen LogP contribution in [0, 0.1) is 0 Å². The molecule has 1 aromatic rings. The van der Waals surface area contributed by atoms with Crippen LogP contribution in [-0.2, 0) is 16.5 Å². The monoisotopic (exact) mass is 297 g/mol. The van der Waals surface area contributed by atoms with Crippen LogP contribution in [0.4, 0.5) is 18.9 Å². The zero-order valence-electron chi connectivity index (χ0n) is 10.4. The highest BCUT2D eigenvalue weighted by atomic mass is 32.2. The minimum atomic E-state index is -5.63. The van der Waals surface area contributed by atoms with E-state index in [1.807, 2.05) is 6.92 Å². The predicted octanol–water partition coefficient (Wildman–Crippen LogP) is 2.91. The average molecular weight is 297 g/mol. The first-order chi connectivity index (χ1) is 8.71. The molecule has 0 heterocycles. The van der Waals surface area contributed by atoms with Crippen molar-refractivity contribution in [2.24, 2.45) is 0 Å². The van der Waals surface area contributed by atoms with Crippen molar-refractivity contribution in [3.63, 3.8) is 0 Å². The molecule has 0 fully saturated rings. The first-order valence-corrected chi connectivity index (χ1v) is 6.93. The van der Waals surface area contributed by atoms with Crippen molar-refractivity contribution in [2.45, 2.75) is 25.3 Å². The molecule has 0 aliphatic rings. The first kappa shape index (κ1) is 15.6. The summed E-state index contributed by atoms with van der Waals surface area (Å²) in [6.07, 6.45) is 1.58. The maximum absolute atomic E-state index is 12.2. The molecule has 1 N–H and O–H groups in total. The summed E-state index contributed by atoms with van der Waals surface area (Å²) >= 11 is 0. The van der Waals surface area contributed by atoms with Crippen molar-refractivity contribution < 1.29 is 25.8 Å². The smallest absolute Gasteiger partial charge is 0.388 e. The van der Waals surface area contributed by atoms with Gasteiger partial charge in [0, 0.05) is 18.8 Å². The Kier molecular flexibility index (Phi) is 4.67. The molecule has 1 rings (SSSR count). The van der Waals surface area contributed by atoms with Gasteiger partial charge < -0.3 is 9.50 Å². The summed E-state index contributed by atoms with van der Waals surface area (Å²) in [7, 11) is -4.03. The van der Waals surface area contributed by atoms with E-state index in [4.69, 9.17) is 0 Å². The van der Waals surface area contributed by atoms with Crippen molar-refractivity contribution in [1.82, 2.24) is 0 Å². The summed E-state index contributed by atoms with van der Waals surface area (Å²) < 4.78 is 62.3. The minimum Gasteiger partial charge on any atom is -0.388 e. The van der Waals surface area contributed by atoms with Crippen molar-refractivity contribution in [2.75, 3.05) is 12.4 Å². The first-order valence-electron chi connectivity index (χ1n) is 5.52. The normalized spacial score (nSPS) is 12.3. The molecule has 0 saturated heterocycles. The lowest BCUT2D eigenvalue weighted by molar-refractivity contribution is -0.0500. The number of benzene rings is 1. The van der Waals surface area contributed by atoms with Crippen LogP contribution in [-0.4, -0.2) is 21.0 Å². The van der Waals surface area contributed by atoms with Crippen LogP contribution in [0.5, 0.6) is 5.75 Å². The molecular formula is C11H14F3NO3S. The van der Waals surface area contributed by atoms with Gasteiger partial charge >= 0.3 is 15.6 Å². The Hall–Kier alpha value is -1.44. The third-order valence-electron chi connectivity index (χ3n) is 2.36. The van der Waals surface area contributed by atoms with E-state index >= 15 is 0 Å². The number of hydrogen-bond donors (Lipinski definition) is 1. The topological polar surface area (TPSA) is 55.4 Å². The molecule has 0 amide bonds. The molecule has 19 heavy (non-hydrogen) atoms. The zero-order chi connectivity index (χ0) is 14.7. The van der Waals surface area contributed by atoms with Gasteiger partial charge in [-0.1, -0.05) is 19.4 Å². The van der Waals surface area contributed by atoms with Crippen LogP contribution >= 0.6 is 0 Å². The number of rotatable bonds is 5. The largest absolute Gasteiger partial charge is 0.534 e. The molecule has 0 aliphatic carbocycles. The summed E-state index contributed by atoms with van der Waals surface area (Å²) in [4.78, 5) is 0. The maximum Gasteiger partial charge on any atom is 0.534 e. The van der Waals surface area contributed by atoms with Crippen molar-refractivity contribution in [1.29, 1.82) is 0 Å². The highest BCUT2D eigenvalue weighted by Gasteiger charge is 2.48. The Bertz CT molecular complexity index is 541. The summed E-state index contributed by atoms with van der Waals surface area (Å²) in [5.74, 6) is -0.374. The molecule has 0 aliphatic heterocycles. The van der Waals surface area contributed by atoms with Crippen LogP contribution in [0.15, 0.2) is 18.2 Å². The van der Waals surface area contributed by atoms with Gasteiger partial charge in [0.15, 0.2) is 0 Å². The molecule has 0 saturated carbocycles. The molecular weight excluding hydrogens is 283 g/mol. The van der Waals surface area contributed by atoms with E-state index in [1.165, 1.54) is 18.2 Å². The molecule has 108 valence electrons. The Morgan fingerprint density at radius 1 is 1.32 bits per heavy atom. The van der Waals surface area contributed by atoms with E-state index in [0.29, 0.717) is 5.69 Å². The van der Waals surface area contributed by atoms with Crippen molar-refractivity contribution >= 4 is 15.8 Å². The molecule has 8 heteroatoms. The van der Waals surface area contributed by atoms with Crippen molar-refractivity contribution in [3.05, 3.63) is 23.8 Å². The van der Waals surface area contributed by atoms with E-state index in [0.717, 1.165) is 18.4 Å². The lowest BCUT2D eigenvalue weighted by atomic mass is 10.1. The Balaban J connectivity index is 3.05. The van der Waals surface area contributed by atoms with Crippen LogP contribution in [0.2, 0.25) is 0 Å². The number of aryl methyl sites for hydroxylation is 1. The van der Waals surface area contributed by atoms with Gasteiger partial charge in [-0.25, -0.2) is 0 Å². The lowest BCUT2D eigenvalue weighted by Gasteiger charge is -2.13. The van der Waals surface area contributed by atoms with E-state index in [2.05, 4.69) is 9.50 Å². The van der Waals surface area contributed by atoms with Crippen LogP contribution in [0.3, 0.4) is 0 Å². The third-order valence-corrected chi connectivity index (χ3v) is 3.34. The molecule has 0 atom stereocenters. The quantitative estimate of drug-likeness (QED) is 0.670. The van der Waals surface area contributed by atoms with E-state index in [1.54, 1.807) is 7.05 Å². The summed E-state index contributed by atoms with van der Waals surface area (Å²) in [6.45, 7) is 1.96. The zero-order valence-corrected chi connectivity index (χ0v) is 11.2. The number of alkyl halides is 3. The number of anilines is 1. The predicted molar refractivity (Wildman–Crippen MR) is 65.6 cm³/mol. The molecule has 0 bridgehead atoms. The molecule has 0 aromatic heterocycles. The highest BCUT2D eigenvalue weighted by molar-refractivity contribution is 7.88. The van der Waals surface area contributed by atoms with Gasteiger partial charge in [0.05, 0.1) is 0 Å². The van der Waals surface area contributed by atoms with Crippen LogP contribution < -0.4 is 9.50 Å². The van der Waals surface area contributed by atoms with Gasteiger partial charge in [0.25, 0.3) is 0 Å². The van der Waals surface area contributed by atoms with Gasteiger partial charge in [0.1, 0.15) is 5.75 Å². The van der Waals surface area contributed by atoms with Crippen LogP contribution in [0.25, 0.3) is 0 Å². The minimum absolute atomic E-state index is 0.374. The summed E-state index contributed by atoms with van der Waals surface area (Å²) in [6, 6.07) is 3.97. The average Bonchev–Trinajstić information content (AvgIpc) is 2.29. The van der Waals surface area contributed by atoms with E-state index in [9.17, 15) is 21.6 Å². The van der Waals surface area contributed by atoms with E-state index in [-0.39, 0.29) is 5.75 Å². The fraction of sp³-hybridized carbons (Fsp3) is 0.455. The SMILES string of the molecule is CCCc1ccc(OS(=O)(=O)C(F)(F)F)cc1NC. The third kappa shape index (κ3) is 3.76. The van der Waals surface area contributed by atoms with Gasteiger partial charge in [-0.15, -0.1) is 0 Å².